The number of likely N-dealkylation sites (tertiary alicyclic amines) is 1. The summed E-state index contributed by atoms with van der Waals surface area (Å²) in [5.74, 6) is 1.45. The maximum atomic E-state index is 12.1. The number of rotatable bonds is 3. The van der Waals surface area contributed by atoms with Crippen molar-refractivity contribution in [3.8, 4) is 0 Å². The summed E-state index contributed by atoms with van der Waals surface area (Å²) in [5, 5.41) is 3.41. The Balaban J connectivity index is 0.00000176. The topological polar surface area (TPSA) is 47.9 Å². The molecule has 0 aromatic heterocycles. The molecule has 0 saturated carbocycles. The van der Waals surface area contributed by atoms with Crippen molar-refractivity contribution in [2.45, 2.75) is 12.5 Å². The summed E-state index contributed by atoms with van der Waals surface area (Å²) < 4.78 is 0. The molecule has 120 valence electrons. The predicted molar refractivity (Wildman–Crippen MR) is 98.4 cm³/mol. The van der Waals surface area contributed by atoms with Crippen molar-refractivity contribution in [1.29, 1.82) is 0 Å². The zero-order valence-corrected chi connectivity index (χ0v) is 15.4. The van der Waals surface area contributed by atoms with Crippen LogP contribution in [-0.2, 0) is 4.79 Å². The number of carbonyl (C=O) groups is 1. The molecule has 3 rings (SSSR count). The van der Waals surface area contributed by atoms with Crippen molar-refractivity contribution in [2.75, 3.05) is 33.7 Å². The van der Waals surface area contributed by atoms with Crippen LogP contribution in [0.25, 0.3) is 0 Å². The van der Waals surface area contributed by atoms with Crippen LogP contribution in [0.2, 0.25) is 0 Å². The number of nitrogens with one attached hydrogen (secondary N) is 1. The van der Waals surface area contributed by atoms with E-state index >= 15 is 0 Å². The van der Waals surface area contributed by atoms with Crippen molar-refractivity contribution in [2.24, 2.45) is 10.9 Å². The van der Waals surface area contributed by atoms with E-state index in [1.807, 2.05) is 37.2 Å². The van der Waals surface area contributed by atoms with Gasteiger partial charge >= 0.3 is 0 Å². The van der Waals surface area contributed by atoms with Gasteiger partial charge in [0.05, 0.1) is 12.6 Å². The fourth-order valence-electron chi connectivity index (χ4n) is 3.23. The molecular formula is C16H23IN4O. The molecule has 1 amide bonds. The molecule has 22 heavy (non-hydrogen) atoms. The molecule has 1 aromatic rings. The normalized spacial score (nSPS) is 24.3. The first kappa shape index (κ1) is 17.1. The molecule has 1 aromatic carbocycles. The Morgan fingerprint density at radius 3 is 2.64 bits per heavy atom. The van der Waals surface area contributed by atoms with Crippen molar-refractivity contribution in [1.82, 2.24) is 15.1 Å². The summed E-state index contributed by atoms with van der Waals surface area (Å²) in [5.41, 5.74) is 1.21. The van der Waals surface area contributed by atoms with Gasteiger partial charge in [-0.3, -0.25) is 9.79 Å². The molecule has 0 spiro atoms. The van der Waals surface area contributed by atoms with Crippen LogP contribution in [0.3, 0.4) is 0 Å². The van der Waals surface area contributed by atoms with Crippen LogP contribution in [-0.4, -0.2) is 55.4 Å². The van der Waals surface area contributed by atoms with E-state index in [0.717, 1.165) is 25.6 Å². The maximum Gasteiger partial charge on any atom is 0.223 e. The fraction of sp³-hybridized carbons (Fsp3) is 0.500. The Morgan fingerprint density at radius 2 is 2.00 bits per heavy atom. The minimum atomic E-state index is 0. The molecule has 1 N–H and O–H groups in total. The Labute approximate surface area is 148 Å². The van der Waals surface area contributed by atoms with Gasteiger partial charge in [0.1, 0.15) is 0 Å². The first-order valence-electron chi connectivity index (χ1n) is 7.47. The summed E-state index contributed by atoms with van der Waals surface area (Å²) in [6, 6.07) is 10.4. The van der Waals surface area contributed by atoms with Crippen LogP contribution in [0, 0.1) is 5.92 Å². The highest BCUT2D eigenvalue weighted by molar-refractivity contribution is 14.0. The second-order valence-electron chi connectivity index (χ2n) is 5.83. The number of likely N-dealkylation sites (N-methyl/N-ethyl adjacent to an activating group) is 1. The SMILES string of the molecule is CN1CCN=C1NC[C@@H]1CC(=O)N(C)[C@H]1c1ccccc1.I. The summed E-state index contributed by atoms with van der Waals surface area (Å²) in [7, 11) is 3.94. The van der Waals surface area contributed by atoms with E-state index < -0.39 is 0 Å². The molecule has 1 saturated heterocycles. The van der Waals surface area contributed by atoms with Crippen molar-refractivity contribution < 1.29 is 4.79 Å². The lowest BCUT2D eigenvalue weighted by Crippen LogP contribution is -2.39. The van der Waals surface area contributed by atoms with Crippen LogP contribution < -0.4 is 5.32 Å². The van der Waals surface area contributed by atoms with Gasteiger partial charge in [0, 0.05) is 39.5 Å². The molecule has 2 heterocycles. The number of aliphatic imine (C=N–C) groups is 1. The number of amides is 1. The minimum absolute atomic E-state index is 0. The number of guanidine groups is 1. The van der Waals surface area contributed by atoms with E-state index in [-0.39, 0.29) is 41.8 Å². The lowest BCUT2D eigenvalue weighted by atomic mass is 9.94. The molecule has 0 unspecified atom stereocenters. The third-order valence-electron chi connectivity index (χ3n) is 4.42. The van der Waals surface area contributed by atoms with Crippen LogP contribution in [0.5, 0.6) is 0 Å². The quantitative estimate of drug-likeness (QED) is 0.767. The zero-order chi connectivity index (χ0) is 14.8. The highest BCUT2D eigenvalue weighted by Crippen LogP contribution is 2.36. The van der Waals surface area contributed by atoms with Crippen molar-refractivity contribution >= 4 is 35.8 Å². The Hall–Kier alpha value is -1.31. The Bertz CT molecular complexity index is 548. The fourth-order valence-corrected chi connectivity index (χ4v) is 3.23. The summed E-state index contributed by atoms with van der Waals surface area (Å²) >= 11 is 0. The van der Waals surface area contributed by atoms with Crippen LogP contribution in [0.15, 0.2) is 35.3 Å². The van der Waals surface area contributed by atoms with E-state index in [9.17, 15) is 4.79 Å². The van der Waals surface area contributed by atoms with Gasteiger partial charge in [-0.25, -0.2) is 0 Å². The van der Waals surface area contributed by atoms with Crippen molar-refractivity contribution in [3.63, 3.8) is 0 Å². The lowest BCUT2D eigenvalue weighted by Gasteiger charge is -2.26. The molecule has 5 nitrogen and oxygen atoms in total. The first-order valence-corrected chi connectivity index (χ1v) is 7.47. The predicted octanol–water partition coefficient (Wildman–Crippen LogP) is 1.71. The highest BCUT2D eigenvalue weighted by atomic mass is 127. The number of nitrogens with zero attached hydrogens (tertiary/aromatic N) is 3. The lowest BCUT2D eigenvalue weighted by molar-refractivity contribution is -0.127. The van der Waals surface area contributed by atoms with Crippen LogP contribution >= 0.6 is 24.0 Å². The number of hydrogen-bond acceptors (Lipinski definition) is 4. The molecule has 2 atom stereocenters. The molecule has 2 aliphatic heterocycles. The average molecular weight is 414 g/mol. The number of halogens is 1. The second kappa shape index (κ2) is 7.30. The number of benzene rings is 1. The second-order valence-corrected chi connectivity index (χ2v) is 5.83. The first-order chi connectivity index (χ1) is 10.2. The van der Waals surface area contributed by atoms with E-state index in [2.05, 4.69) is 27.3 Å². The molecule has 0 aliphatic carbocycles. The minimum Gasteiger partial charge on any atom is -0.356 e. The standard InChI is InChI=1S/C16H22N4O.HI/c1-19-9-8-17-16(19)18-11-13-10-14(21)20(2)15(13)12-6-4-3-5-7-12;/h3-7,13,15H,8-11H2,1-2H3,(H,17,18);1H/t13-,15-;/m0./s1. The van der Waals surface area contributed by atoms with Crippen molar-refractivity contribution in [3.05, 3.63) is 35.9 Å². The van der Waals surface area contributed by atoms with E-state index in [0.29, 0.717) is 6.42 Å². The van der Waals surface area contributed by atoms with Gasteiger partial charge < -0.3 is 15.1 Å². The summed E-state index contributed by atoms with van der Waals surface area (Å²) in [4.78, 5) is 20.5. The van der Waals surface area contributed by atoms with Gasteiger partial charge in [-0.1, -0.05) is 30.3 Å². The zero-order valence-electron chi connectivity index (χ0n) is 13.0. The number of carbonyl (C=O) groups excluding carboxylic acids is 1. The summed E-state index contributed by atoms with van der Waals surface area (Å²) in [6.45, 7) is 2.59. The van der Waals surface area contributed by atoms with Crippen LogP contribution in [0.1, 0.15) is 18.0 Å². The van der Waals surface area contributed by atoms with Gasteiger partial charge in [0.25, 0.3) is 0 Å². The monoisotopic (exact) mass is 414 g/mol. The van der Waals surface area contributed by atoms with E-state index in [4.69, 9.17) is 0 Å². The third-order valence-corrected chi connectivity index (χ3v) is 4.42. The molecule has 1 fully saturated rings. The van der Waals surface area contributed by atoms with E-state index in [1.165, 1.54) is 5.56 Å². The van der Waals surface area contributed by atoms with Gasteiger partial charge in [-0.15, -0.1) is 24.0 Å². The molecule has 0 radical (unpaired) electrons. The summed E-state index contributed by atoms with van der Waals surface area (Å²) in [6.07, 6.45) is 0.597. The van der Waals surface area contributed by atoms with Crippen LogP contribution in [0.4, 0.5) is 0 Å². The largest absolute Gasteiger partial charge is 0.356 e. The average Bonchev–Trinajstić information content (AvgIpc) is 3.02. The molecule has 0 bridgehead atoms. The third kappa shape index (κ3) is 3.37. The Kier molecular flexibility index (Phi) is 5.66. The van der Waals surface area contributed by atoms with Gasteiger partial charge in [-0.2, -0.15) is 0 Å². The van der Waals surface area contributed by atoms with E-state index in [1.54, 1.807) is 0 Å². The van der Waals surface area contributed by atoms with Gasteiger partial charge in [0.2, 0.25) is 5.91 Å². The highest BCUT2D eigenvalue weighted by Gasteiger charge is 2.38. The molecule has 6 heteroatoms. The van der Waals surface area contributed by atoms with Gasteiger partial charge in [0.15, 0.2) is 5.96 Å². The smallest absolute Gasteiger partial charge is 0.223 e. The Morgan fingerprint density at radius 1 is 1.27 bits per heavy atom. The molecule has 2 aliphatic rings. The molecular weight excluding hydrogens is 391 g/mol. The number of hydrogen-bond donors (Lipinski definition) is 1. The maximum absolute atomic E-state index is 12.1. The van der Waals surface area contributed by atoms with Gasteiger partial charge in [-0.05, 0) is 5.56 Å².